The van der Waals surface area contributed by atoms with Crippen molar-refractivity contribution in [2.75, 3.05) is 13.1 Å². The largest absolute Gasteiger partial charge is 0.342 e. The number of nitrogens with one attached hydrogen (secondary N) is 4. The van der Waals surface area contributed by atoms with Crippen molar-refractivity contribution in [3.8, 4) is 0 Å². The van der Waals surface area contributed by atoms with Gasteiger partial charge in [0, 0.05) is 40.8 Å². The van der Waals surface area contributed by atoms with Gasteiger partial charge in [-0.15, -0.1) is 0 Å². The van der Waals surface area contributed by atoms with Crippen molar-refractivity contribution in [3.63, 3.8) is 0 Å². The Morgan fingerprint density at radius 2 is 2.06 bits per heavy atom. The van der Waals surface area contributed by atoms with E-state index in [0.29, 0.717) is 61.9 Å². The van der Waals surface area contributed by atoms with Crippen molar-refractivity contribution in [3.05, 3.63) is 65.0 Å². The van der Waals surface area contributed by atoms with E-state index in [2.05, 4.69) is 29.5 Å². The molecule has 0 saturated carbocycles. The topological polar surface area (TPSA) is 122 Å². The summed E-state index contributed by atoms with van der Waals surface area (Å²) in [5, 5.41) is 22.4. The van der Waals surface area contributed by atoms with Crippen molar-refractivity contribution in [1.82, 2.24) is 20.5 Å². The molecule has 2 aliphatic rings. The Morgan fingerprint density at radius 3 is 2.78 bits per heavy atom. The first-order valence-electron chi connectivity index (χ1n) is 12.7. The lowest BCUT2D eigenvalue weighted by molar-refractivity contribution is 0.0917. The first-order chi connectivity index (χ1) is 17.1. The van der Waals surface area contributed by atoms with E-state index in [9.17, 15) is 9.59 Å². The smallest absolute Gasteiger partial charge is 0.317 e. The number of hydrogen-bond acceptors (Lipinski definition) is 5. The molecule has 1 aliphatic heterocycles. The SMILES string of the molecule is CCNC(=O)N1CCc2cnc(C(=O)NC3(C)C=CC=C(C(=N)/C=C\C(=N)CCC(C)C)C3)cc2C1.[HH].[HH]. The molecule has 196 valence electrons. The first-order valence-corrected chi connectivity index (χ1v) is 12.7. The summed E-state index contributed by atoms with van der Waals surface area (Å²) in [7, 11) is 0. The highest BCUT2D eigenvalue weighted by Crippen LogP contribution is 2.25. The number of allylic oxidation sites excluding steroid dienone is 4. The molecule has 2 heterocycles. The predicted molar refractivity (Wildman–Crippen MR) is 148 cm³/mol. The monoisotopic (exact) mass is 494 g/mol. The summed E-state index contributed by atoms with van der Waals surface area (Å²) in [6.07, 6.45) is 13.6. The second-order valence-corrected chi connectivity index (χ2v) is 10.1. The maximum atomic E-state index is 13.1. The minimum absolute atomic E-state index is 0. The van der Waals surface area contributed by atoms with Crippen LogP contribution in [0.15, 0.2) is 48.2 Å². The van der Waals surface area contributed by atoms with Gasteiger partial charge in [0.1, 0.15) is 5.69 Å². The van der Waals surface area contributed by atoms with Crippen LogP contribution in [0.3, 0.4) is 0 Å². The number of amides is 3. The molecule has 1 aromatic heterocycles. The molecule has 0 saturated heterocycles. The van der Waals surface area contributed by atoms with Gasteiger partial charge in [0.05, 0.1) is 11.3 Å². The summed E-state index contributed by atoms with van der Waals surface area (Å²) in [5.41, 5.74) is 3.28. The van der Waals surface area contributed by atoms with E-state index < -0.39 is 5.54 Å². The van der Waals surface area contributed by atoms with Gasteiger partial charge in [-0.1, -0.05) is 32.1 Å². The maximum Gasteiger partial charge on any atom is 0.317 e. The maximum absolute atomic E-state index is 13.1. The van der Waals surface area contributed by atoms with Gasteiger partial charge in [-0.2, -0.15) is 0 Å². The van der Waals surface area contributed by atoms with Crippen LogP contribution in [0, 0.1) is 16.7 Å². The summed E-state index contributed by atoms with van der Waals surface area (Å²) in [6.45, 7) is 9.72. The molecule has 3 rings (SSSR count). The fraction of sp³-hybridized carbons (Fsp3) is 0.464. The minimum Gasteiger partial charge on any atom is -0.342 e. The fourth-order valence-corrected chi connectivity index (χ4v) is 4.30. The Labute approximate surface area is 216 Å². The summed E-state index contributed by atoms with van der Waals surface area (Å²) < 4.78 is 0. The first kappa shape index (κ1) is 27.0. The van der Waals surface area contributed by atoms with Crippen LogP contribution >= 0.6 is 0 Å². The quantitative estimate of drug-likeness (QED) is 0.359. The Bertz CT molecular complexity index is 1130. The van der Waals surface area contributed by atoms with E-state index in [-0.39, 0.29) is 14.8 Å². The van der Waals surface area contributed by atoms with E-state index in [1.54, 1.807) is 29.3 Å². The lowest BCUT2D eigenvalue weighted by Gasteiger charge is -2.31. The summed E-state index contributed by atoms with van der Waals surface area (Å²) in [5.74, 6) is 0.247. The molecule has 0 fully saturated rings. The van der Waals surface area contributed by atoms with Crippen LogP contribution in [0.1, 0.15) is 71.4 Å². The number of carbonyl (C=O) groups excluding carboxylic acids is 2. The van der Waals surface area contributed by atoms with Gasteiger partial charge in [-0.3, -0.25) is 9.78 Å². The standard InChI is InChI=1S/C28H38N6O2.2H2/c1-5-31-27(36)34-14-12-21-17-32-25(15-22(21)18-34)26(35)33-28(4)13-6-7-20(16-28)24(30)11-10-23(29)9-8-19(2)3;;/h6-7,10-11,13,15,17,19,29-30H,5,8-9,12,14,16,18H2,1-4H3,(H,31,36)(H,33,35);2*1H/b11-10-,29-23?,30-24?;;. The van der Waals surface area contributed by atoms with Gasteiger partial charge in [0.25, 0.3) is 5.91 Å². The van der Waals surface area contributed by atoms with Crippen molar-refractivity contribution in [2.45, 2.75) is 65.5 Å². The molecule has 0 aromatic carbocycles. The molecule has 36 heavy (non-hydrogen) atoms. The average molecular weight is 495 g/mol. The van der Waals surface area contributed by atoms with E-state index in [0.717, 1.165) is 23.1 Å². The van der Waals surface area contributed by atoms with E-state index in [4.69, 9.17) is 10.8 Å². The highest BCUT2D eigenvalue weighted by Gasteiger charge is 2.29. The zero-order valence-corrected chi connectivity index (χ0v) is 21.8. The molecule has 1 aromatic rings. The van der Waals surface area contributed by atoms with Crippen molar-refractivity contribution >= 4 is 23.4 Å². The molecule has 0 radical (unpaired) electrons. The van der Waals surface area contributed by atoms with Gasteiger partial charge in [0.15, 0.2) is 0 Å². The lowest BCUT2D eigenvalue weighted by Crippen LogP contribution is -2.46. The van der Waals surface area contributed by atoms with Crippen LogP contribution in [-0.4, -0.2) is 51.9 Å². The zero-order chi connectivity index (χ0) is 26.3. The molecule has 4 N–H and O–H groups in total. The van der Waals surface area contributed by atoms with Crippen LogP contribution in [0.2, 0.25) is 0 Å². The molecule has 0 spiro atoms. The number of carbonyl (C=O) groups is 2. The number of pyridine rings is 1. The Hall–Kier alpha value is -3.55. The van der Waals surface area contributed by atoms with Gasteiger partial charge in [0.2, 0.25) is 0 Å². The second-order valence-electron chi connectivity index (χ2n) is 10.1. The molecule has 0 bridgehead atoms. The highest BCUT2D eigenvalue weighted by molar-refractivity contribution is 6.10. The van der Waals surface area contributed by atoms with Crippen LogP contribution in [-0.2, 0) is 13.0 Å². The van der Waals surface area contributed by atoms with Crippen molar-refractivity contribution in [2.24, 2.45) is 5.92 Å². The van der Waals surface area contributed by atoms with E-state index >= 15 is 0 Å². The summed E-state index contributed by atoms with van der Waals surface area (Å²) >= 11 is 0. The van der Waals surface area contributed by atoms with Crippen LogP contribution in [0.4, 0.5) is 4.79 Å². The second kappa shape index (κ2) is 11.9. The highest BCUT2D eigenvalue weighted by atomic mass is 16.2. The number of urea groups is 1. The van der Waals surface area contributed by atoms with Crippen molar-refractivity contribution in [1.29, 1.82) is 10.8 Å². The summed E-state index contributed by atoms with van der Waals surface area (Å²) in [6, 6.07) is 1.67. The Balaban J connectivity index is 0.00000361. The number of nitrogens with zero attached hydrogens (tertiary/aromatic N) is 2. The minimum atomic E-state index is -0.670. The van der Waals surface area contributed by atoms with Crippen molar-refractivity contribution < 1.29 is 12.4 Å². The molecular formula is C28H42N6O2. The molecule has 3 amide bonds. The number of rotatable bonds is 9. The molecule has 8 nitrogen and oxygen atoms in total. The van der Waals surface area contributed by atoms with E-state index in [1.807, 2.05) is 32.1 Å². The average Bonchev–Trinajstić information content (AvgIpc) is 2.85. The Kier molecular flexibility index (Phi) is 8.96. The number of aromatic nitrogens is 1. The van der Waals surface area contributed by atoms with Crippen LogP contribution < -0.4 is 10.6 Å². The van der Waals surface area contributed by atoms with Gasteiger partial charge < -0.3 is 26.4 Å². The van der Waals surface area contributed by atoms with Crippen LogP contribution in [0.25, 0.3) is 0 Å². The summed E-state index contributed by atoms with van der Waals surface area (Å²) in [4.78, 5) is 31.5. The third-order valence-corrected chi connectivity index (χ3v) is 6.45. The zero-order valence-electron chi connectivity index (χ0n) is 21.8. The predicted octanol–water partition coefficient (Wildman–Crippen LogP) is 5.07. The lowest BCUT2D eigenvalue weighted by atomic mass is 9.85. The molecule has 1 atom stereocenters. The molecule has 1 aliphatic carbocycles. The Morgan fingerprint density at radius 1 is 1.28 bits per heavy atom. The number of fused-ring (bicyclic) bond motifs is 1. The fourth-order valence-electron chi connectivity index (χ4n) is 4.30. The normalized spacial score (nSPS) is 19.1. The van der Waals surface area contributed by atoms with Gasteiger partial charge in [-0.25, -0.2) is 4.79 Å². The number of hydrogen-bond donors (Lipinski definition) is 4. The molecule has 1 unspecified atom stereocenters. The molecule has 8 heteroatoms. The van der Waals surface area contributed by atoms with Gasteiger partial charge in [-0.05, 0) is 73.9 Å². The molecular weight excluding hydrogens is 452 g/mol. The third-order valence-electron chi connectivity index (χ3n) is 6.45. The van der Waals surface area contributed by atoms with Gasteiger partial charge >= 0.3 is 6.03 Å². The van der Waals surface area contributed by atoms with E-state index in [1.165, 1.54) is 0 Å². The third kappa shape index (κ3) is 7.23. The van der Waals surface area contributed by atoms with Crippen LogP contribution in [0.5, 0.6) is 0 Å².